The summed E-state index contributed by atoms with van der Waals surface area (Å²) in [6.07, 6.45) is 73.5. The van der Waals surface area contributed by atoms with Gasteiger partial charge in [0.25, 0.3) is 0 Å². The van der Waals surface area contributed by atoms with E-state index >= 15 is 0 Å². The van der Waals surface area contributed by atoms with E-state index in [1.165, 1.54) is 302 Å². The SMILES string of the molecule is CCCCCCCCCCCCCCCCCCC/C=C/C(O)C(COP(=O)(O)OCC[N+](C)(C)C)NC(=O)CCCCCCCCCCCCCCCCCCCCCCCCCCCCCCCCCCCC. The first-order chi connectivity index (χ1) is 36.5. The number of quaternary nitrogens is 1. The fraction of sp³-hybridized carbons (Fsp3) is 0.955. The molecule has 0 spiro atoms. The third-order valence-corrected chi connectivity index (χ3v) is 16.7. The van der Waals surface area contributed by atoms with Gasteiger partial charge in [0.1, 0.15) is 13.2 Å². The Morgan fingerprint density at radius 2 is 0.707 bits per heavy atom. The van der Waals surface area contributed by atoms with Crippen LogP contribution < -0.4 is 5.32 Å². The molecule has 0 aromatic carbocycles. The van der Waals surface area contributed by atoms with E-state index in [9.17, 15) is 19.4 Å². The Morgan fingerprint density at radius 1 is 0.440 bits per heavy atom. The van der Waals surface area contributed by atoms with E-state index < -0.39 is 20.0 Å². The third-order valence-electron chi connectivity index (χ3n) is 15.8. The number of hydrogen-bond donors (Lipinski definition) is 3. The normalized spacial score (nSPS) is 13.7. The molecule has 0 radical (unpaired) electrons. The number of aliphatic hydroxyl groups excluding tert-OH is 1. The van der Waals surface area contributed by atoms with E-state index in [0.29, 0.717) is 17.4 Å². The maximum absolute atomic E-state index is 13.0. The third kappa shape index (κ3) is 60.7. The molecule has 0 aliphatic heterocycles. The molecule has 0 aromatic heterocycles. The number of rotatable bonds is 63. The predicted octanol–water partition coefficient (Wildman–Crippen LogP) is 20.9. The van der Waals surface area contributed by atoms with Gasteiger partial charge in [0.15, 0.2) is 0 Å². The Bertz CT molecular complexity index is 1230. The number of nitrogens with one attached hydrogen (secondary N) is 1. The summed E-state index contributed by atoms with van der Waals surface area (Å²) in [4.78, 5) is 23.4. The van der Waals surface area contributed by atoms with Crippen molar-refractivity contribution in [2.75, 3.05) is 40.9 Å². The lowest BCUT2D eigenvalue weighted by atomic mass is 10.0. The summed E-state index contributed by atoms with van der Waals surface area (Å²) in [6, 6.07) is -0.843. The fourth-order valence-electron chi connectivity index (χ4n) is 10.5. The zero-order valence-corrected chi connectivity index (χ0v) is 52.2. The van der Waals surface area contributed by atoms with Crippen molar-refractivity contribution in [2.45, 2.75) is 366 Å². The number of phosphoric acid groups is 1. The summed E-state index contributed by atoms with van der Waals surface area (Å²) in [6.45, 7) is 4.88. The Morgan fingerprint density at radius 3 is 0.987 bits per heavy atom. The van der Waals surface area contributed by atoms with Gasteiger partial charge in [-0.2, -0.15) is 0 Å². The van der Waals surface area contributed by atoms with Gasteiger partial charge < -0.3 is 19.8 Å². The minimum Gasteiger partial charge on any atom is -0.387 e. The highest BCUT2D eigenvalue weighted by Gasteiger charge is 2.28. The van der Waals surface area contributed by atoms with Crippen molar-refractivity contribution in [1.82, 2.24) is 5.32 Å². The molecule has 0 fully saturated rings. The summed E-state index contributed by atoms with van der Waals surface area (Å²) < 4.78 is 23.8. The number of hydrogen-bond acceptors (Lipinski definition) is 5. The van der Waals surface area contributed by atoms with E-state index in [4.69, 9.17) is 9.05 Å². The molecule has 0 heterocycles. The lowest BCUT2D eigenvalue weighted by molar-refractivity contribution is -0.870. The van der Waals surface area contributed by atoms with Gasteiger partial charge in [-0.25, -0.2) is 4.57 Å². The number of allylic oxidation sites excluding steroid dienone is 1. The quantitative estimate of drug-likeness (QED) is 0.0243. The average molecular weight is 1080 g/mol. The largest absolute Gasteiger partial charge is 0.472 e. The van der Waals surface area contributed by atoms with Crippen LogP contribution in [0.2, 0.25) is 0 Å². The van der Waals surface area contributed by atoms with Crippen LogP contribution in [-0.2, 0) is 18.4 Å². The van der Waals surface area contributed by atoms with Crippen LogP contribution in [0.25, 0.3) is 0 Å². The van der Waals surface area contributed by atoms with Gasteiger partial charge in [0.05, 0.1) is 39.9 Å². The second-order valence-corrected chi connectivity index (χ2v) is 26.0. The summed E-state index contributed by atoms with van der Waals surface area (Å²) in [5, 5.41) is 14.0. The second-order valence-electron chi connectivity index (χ2n) is 24.6. The number of unbranched alkanes of at least 4 members (excludes halogenated alkanes) is 50. The topological polar surface area (TPSA) is 105 Å². The Kier molecular flexibility index (Phi) is 57.3. The van der Waals surface area contributed by atoms with Gasteiger partial charge >= 0.3 is 7.82 Å². The summed E-state index contributed by atoms with van der Waals surface area (Å²) in [5.74, 6) is -0.168. The Hall–Kier alpha value is -0.760. The molecular formula is C66H134N2O6P+. The highest BCUT2D eigenvalue weighted by molar-refractivity contribution is 7.47. The Balaban J connectivity index is 3.97. The van der Waals surface area contributed by atoms with E-state index in [-0.39, 0.29) is 19.1 Å². The van der Waals surface area contributed by atoms with Crippen LogP contribution in [0.15, 0.2) is 12.2 Å². The summed E-state index contributed by atoms with van der Waals surface area (Å²) in [7, 11) is 1.59. The van der Waals surface area contributed by atoms with Gasteiger partial charge in [-0.15, -0.1) is 0 Å². The molecule has 3 unspecified atom stereocenters. The first kappa shape index (κ1) is 74.2. The van der Waals surface area contributed by atoms with E-state index in [2.05, 4.69) is 19.2 Å². The number of carbonyl (C=O) groups excluding carboxylic acids is 1. The van der Waals surface area contributed by atoms with Crippen molar-refractivity contribution >= 4 is 13.7 Å². The van der Waals surface area contributed by atoms with Crippen LogP contribution in [-0.4, -0.2) is 73.4 Å². The highest BCUT2D eigenvalue weighted by Crippen LogP contribution is 2.43. The van der Waals surface area contributed by atoms with Gasteiger partial charge in [0, 0.05) is 6.42 Å². The first-order valence-corrected chi connectivity index (χ1v) is 35.1. The fourth-order valence-corrected chi connectivity index (χ4v) is 11.3. The number of aliphatic hydroxyl groups is 1. The molecular weight excluding hydrogens is 948 g/mol. The molecule has 0 rings (SSSR count). The molecule has 0 aliphatic carbocycles. The second kappa shape index (κ2) is 57.9. The molecule has 75 heavy (non-hydrogen) atoms. The molecule has 0 aromatic rings. The first-order valence-electron chi connectivity index (χ1n) is 33.6. The van der Waals surface area contributed by atoms with Crippen LogP contribution in [0, 0.1) is 0 Å². The molecule has 448 valence electrons. The summed E-state index contributed by atoms with van der Waals surface area (Å²) >= 11 is 0. The lowest BCUT2D eigenvalue weighted by Gasteiger charge is -2.25. The van der Waals surface area contributed by atoms with E-state index in [1.54, 1.807) is 6.08 Å². The standard InChI is InChI=1S/C66H133N2O6P/c1-6-8-10-12-14-16-18-20-22-24-26-27-28-29-30-31-32-33-34-35-36-37-38-39-40-42-44-46-48-50-52-54-56-58-60-66(70)67-64(63-74-75(71,72)73-62-61-68(3,4)5)65(69)59-57-55-53-51-49-47-45-43-41-25-23-21-19-17-15-13-11-9-7-2/h57,59,64-65,69H,6-56,58,60-63H2,1-5H3,(H-,67,70,71,72)/p+1/b59-57+. The van der Waals surface area contributed by atoms with Crippen molar-refractivity contribution in [2.24, 2.45) is 0 Å². The smallest absolute Gasteiger partial charge is 0.387 e. The molecule has 3 N–H and O–H groups in total. The van der Waals surface area contributed by atoms with Gasteiger partial charge in [-0.3, -0.25) is 13.8 Å². The van der Waals surface area contributed by atoms with E-state index in [1.807, 2.05) is 27.2 Å². The molecule has 9 heteroatoms. The van der Waals surface area contributed by atoms with Gasteiger partial charge in [0.2, 0.25) is 5.91 Å². The monoisotopic (exact) mass is 1080 g/mol. The number of amides is 1. The maximum atomic E-state index is 13.0. The zero-order valence-electron chi connectivity index (χ0n) is 51.3. The van der Waals surface area contributed by atoms with Crippen LogP contribution in [0.3, 0.4) is 0 Å². The van der Waals surface area contributed by atoms with Crippen molar-refractivity contribution < 1.29 is 32.9 Å². The Labute approximate surface area is 469 Å². The lowest BCUT2D eigenvalue weighted by Crippen LogP contribution is -2.45. The van der Waals surface area contributed by atoms with Crippen molar-refractivity contribution in [3.8, 4) is 0 Å². The van der Waals surface area contributed by atoms with Crippen molar-refractivity contribution in [3.05, 3.63) is 12.2 Å². The minimum absolute atomic E-state index is 0.0653. The molecule has 0 saturated carbocycles. The molecule has 0 saturated heterocycles. The van der Waals surface area contributed by atoms with E-state index in [0.717, 1.165) is 32.1 Å². The molecule has 0 bridgehead atoms. The van der Waals surface area contributed by atoms with Crippen LogP contribution in [0.1, 0.15) is 354 Å². The van der Waals surface area contributed by atoms with Crippen LogP contribution in [0.5, 0.6) is 0 Å². The predicted molar refractivity (Wildman–Crippen MR) is 328 cm³/mol. The van der Waals surface area contributed by atoms with Gasteiger partial charge in [-0.1, -0.05) is 341 Å². The molecule has 3 atom stereocenters. The zero-order chi connectivity index (χ0) is 54.9. The van der Waals surface area contributed by atoms with Crippen LogP contribution >= 0.6 is 7.82 Å². The van der Waals surface area contributed by atoms with Crippen molar-refractivity contribution in [3.63, 3.8) is 0 Å². The average Bonchev–Trinajstić information content (AvgIpc) is 3.37. The van der Waals surface area contributed by atoms with Crippen LogP contribution in [0.4, 0.5) is 0 Å². The molecule has 1 amide bonds. The number of phosphoric ester groups is 1. The highest BCUT2D eigenvalue weighted by atomic mass is 31.2. The molecule has 8 nitrogen and oxygen atoms in total. The maximum Gasteiger partial charge on any atom is 0.472 e. The number of carbonyl (C=O) groups is 1. The van der Waals surface area contributed by atoms with Gasteiger partial charge in [-0.05, 0) is 19.3 Å². The number of likely N-dealkylation sites (N-methyl/N-ethyl adjacent to an activating group) is 1. The minimum atomic E-state index is -4.35. The molecule has 0 aliphatic rings. The van der Waals surface area contributed by atoms with Crippen molar-refractivity contribution in [1.29, 1.82) is 0 Å². The summed E-state index contributed by atoms with van der Waals surface area (Å²) in [5.41, 5.74) is 0. The number of nitrogens with zero attached hydrogens (tertiary/aromatic N) is 1.